The molecule has 3 N–H and O–H groups in total. The predicted octanol–water partition coefficient (Wildman–Crippen LogP) is 6.38. The lowest BCUT2D eigenvalue weighted by molar-refractivity contribution is 0.107. The summed E-state index contributed by atoms with van der Waals surface area (Å²) in [5, 5.41) is 22.2. The lowest BCUT2D eigenvalue weighted by Crippen LogP contribution is -2.51. The molecule has 2 aromatic carbocycles. The third-order valence-electron chi connectivity index (χ3n) is 11.0. The zero-order valence-corrected chi connectivity index (χ0v) is 30.9. The lowest BCUT2D eigenvalue weighted by Gasteiger charge is -2.34. The molecule has 5 fully saturated rings. The molecular formula is C40H45F5N6O4. The largest absolute Gasteiger partial charge is 0.508 e. The fourth-order valence-corrected chi connectivity index (χ4v) is 7.82. The molecule has 4 aromatic rings. The Kier molecular flexibility index (Phi) is 11.0. The number of aromatic hydroxyl groups is 1. The molecule has 0 radical (unpaired) electrons. The monoisotopic (exact) mass is 768 g/mol. The molecule has 3 saturated heterocycles. The van der Waals surface area contributed by atoms with Crippen LogP contribution in [0.25, 0.3) is 32.9 Å². The van der Waals surface area contributed by atoms with Crippen LogP contribution >= 0.6 is 0 Å². The van der Waals surface area contributed by atoms with Gasteiger partial charge in [-0.15, -0.1) is 6.42 Å². The van der Waals surface area contributed by atoms with E-state index in [1.807, 2.05) is 0 Å². The fraction of sp³-hybridized carbons (Fsp3) is 0.525. The van der Waals surface area contributed by atoms with Gasteiger partial charge >= 0.3 is 6.01 Å². The normalized spacial score (nSPS) is 22.3. The van der Waals surface area contributed by atoms with Gasteiger partial charge < -0.3 is 34.8 Å². The number of benzene rings is 2. The number of nitrogens with one attached hydrogen (secondary N) is 1. The van der Waals surface area contributed by atoms with Crippen LogP contribution in [0.5, 0.6) is 17.6 Å². The highest BCUT2D eigenvalue weighted by molar-refractivity contribution is 6.04. The van der Waals surface area contributed by atoms with Crippen molar-refractivity contribution in [3.8, 4) is 41.2 Å². The Morgan fingerprint density at radius 1 is 0.964 bits per heavy atom. The van der Waals surface area contributed by atoms with Crippen molar-refractivity contribution in [2.45, 2.75) is 75.5 Å². The van der Waals surface area contributed by atoms with Crippen LogP contribution in [0.15, 0.2) is 24.3 Å². The van der Waals surface area contributed by atoms with Gasteiger partial charge in [-0.3, -0.25) is 0 Å². The molecule has 3 aliphatic heterocycles. The van der Waals surface area contributed by atoms with Gasteiger partial charge in [0.15, 0.2) is 5.82 Å². The molecule has 294 valence electrons. The third kappa shape index (κ3) is 8.22. The van der Waals surface area contributed by atoms with Crippen LogP contribution in [-0.2, 0) is 0 Å². The molecular weight excluding hydrogens is 723 g/mol. The second-order valence-corrected chi connectivity index (χ2v) is 15.1. The molecule has 0 amide bonds. The fourth-order valence-electron chi connectivity index (χ4n) is 7.82. The second-order valence-electron chi connectivity index (χ2n) is 15.1. The Labute approximate surface area is 316 Å². The number of hydrogen-bond acceptors (Lipinski definition) is 10. The van der Waals surface area contributed by atoms with Crippen LogP contribution in [-0.4, -0.2) is 108 Å². The zero-order valence-electron chi connectivity index (χ0n) is 30.9. The molecule has 2 bridgehead atoms. The maximum atomic E-state index is 17.0. The summed E-state index contributed by atoms with van der Waals surface area (Å²) in [6, 6.07) is 6.00. The van der Waals surface area contributed by atoms with Crippen molar-refractivity contribution in [3.05, 3.63) is 41.5 Å². The summed E-state index contributed by atoms with van der Waals surface area (Å²) >= 11 is 0. The van der Waals surface area contributed by atoms with E-state index in [9.17, 15) is 22.7 Å². The number of ether oxygens (including phenoxy) is 2. The quantitative estimate of drug-likeness (QED) is 0.138. The van der Waals surface area contributed by atoms with Gasteiger partial charge in [0.2, 0.25) is 11.8 Å². The summed E-state index contributed by atoms with van der Waals surface area (Å²) in [5.74, 6) is -0.938. The third-order valence-corrected chi connectivity index (χ3v) is 11.0. The van der Waals surface area contributed by atoms with Crippen molar-refractivity contribution in [1.29, 1.82) is 0 Å². The number of methoxy groups -OCH3 is 1. The van der Waals surface area contributed by atoms with Gasteiger partial charge in [0.05, 0.1) is 19.3 Å². The van der Waals surface area contributed by atoms with E-state index in [0.717, 1.165) is 52.4 Å². The number of alkyl halides is 3. The highest BCUT2D eigenvalue weighted by Crippen LogP contribution is 2.48. The highest BCUT2D eigenvalue weighted by Gasteiger charge is 2.46. The van der Waals surface area contributed by atoms with E-state index in [-0.39, 0.29) is 75.7 Å². The van der Waals surface area contributed by atoms with Gasteiger partial charge in [-0.1, -0.05) is 12.0 Å². The van der Waals surface area contributed by atoms with Crippen molar-refractivity contribution < 1.29 is 41.6 Å². The molecule has 2 aliphatic carbocycles. The molecule has 9 rings (SSSR count). The number of fused-ring (bicyclic) bond motifs is 4. The van der Waals surface area contributed by atoms with Crippen molar-refractivity contribution in [2.75, 3.05) is 58.5 Å². The van der Waals surface area contributed by atoms with Crippen LogP contribution in [0.2, 0.25) is 0 Å². The summed E-state index contributed by atoms with van der Waals surface area (Å²) in [6.07, 6.45) is 10.3. The minimum absolute atomic E-state index is 0.0337. The molecule has 15 heteroatoms. The number of terminal acetylenes is 1. The first-order chi connectivity index (χ1) is 26.4. The van der Waals surface area contributed by atoms with Crippen LogP contribution in [0, 0.1) is 29.4 Å². The van der Waals surface area contributed by atoms with Gasteiger partial charge in [-0.2, -0.15) is 9.97 Å². The number of nitrogens with zero attached hydrogens (tertiary/aromatic N) is 5. The Morgan fingerprint density at radius 2 is 1.64 bits per heavy atom. The highest BCUT2D eigenvalue weighted by atomic mass is 19.3. The Hall–Kier alpha value is -4.52. The molecule has 2 atom stereocenters. The van der Waals surface area contributed by atoms with Crippen molar-refractivity contribution in [1.82, 2.24) is 25.2 Å². The SMILES string of the molecule is C#Cc1c(F)ccc2cc(O)cc(-c3nc(OC)c4c(N5CC6CCC(C5)N6)nc(OCC5(CN6CCC(F)CC6)CC5)nc4c3F)c12.CO.FC1(F)CC1. The summed E-state index contributed by atoms with van der Waals surface area (Å²) in [7, 11) is 2.44. The number of aliphatic hydroxyl groups is 1. The first-order valence-electron chi connectivity index (χ1n) is 18.6. The number of anilines is 1. The van der Waals surface area contributed by atoms with E-state index in [2.05, 4.69) is 31.0 Å². The number of aromatic nitrogens is 3. The number of likely N-dealkylation sites (tertiary alicyclic amines) is 1. The minimum Gasteiger partial charge on any atom is -0.508 e. The van der Waals surface area contributed by atoms with Crippen molar-refractivity contribution in [3.63, 3.8) is 0 Å². The number of halogens is 5. The van der Waals surface area contributed by atoms with Crippen molar-refractivity contribution in [2.24, 2.45) is 5.41 Å². The Bertz CT molecular complexity index is 2080. The number of pyridine rings is 1. The Morgan fingerprint density at radius 3 is 2.24 bits per heavy atom. The molecule has 5 aliphatic rings. The van der Waals surface area contributed by atoms with E-state index >= 15 is 4.39 Å². The minimum atomic E-state index is -2.25. The van der Waals surface area contributed by atoms with Gasteiger partial charge in [-0.25, -0.2) is 26.9 Å². The number of phenols is 1. The molecule has 2 aromatic heterocycles. The van der Waals surface area contributed by atoms with Crippen LogP contribution < -0.4 is 19.7 Å². The first-order valence-corrected chi connectivity index (χ1v) is 18.6. The maximum absolute atomic E-state index is 17.0. The summed E-state index contributed by atoms with van der Waals surface area (Å²) in [4.78, 5) is 18.5. The number of phenolic OH excluding ortho intramolecular Hbond substituents is 1. The predicted molar refractivity (Wildman–Crippen MR) is 199 cm³/mol. The van der Waals surface area contributed by atoms with Crippen LogP contribution in [0.1, 0.15) is 56.9 Å². The number of piperazine rings is 1. The van der Waals surface area contributed by atoms with Gasteiger partial charge in [0, 0.05) is 81.1 Å². The van der Waals surface area contributed by atoms with Gasteiger partial charge in [0.25, 0.3) is 0 Å². The van der Waals surface area contributed by atoms with E-state index in [1.165, 1.54) is 31.4 Å². The summed E-state index contributed by atoms with van der Waals surface area (Å²) < 4.78 is 80.1. The molecule has 55 heavy (non-hydrogen) atoms. The molecule has 0 spiro atoms. The number of rotatable bonds is 8. The second kappa shape index (κ2) is 15.5. The van der Waals surface area contributed by atoms with E-state index in [1.54, 1.807) is 0 Å². The smallest absolute Gasteiger partial charge is 0.319 e. The van der Waals surface area contributed by atoms with E-state index < -0.39 is 23.7 Å². The molecule has 5 heterocycles. The standard InChI is InChI=1S/C36H37F3N6O3.C3H4F2.CH4O/c1-3-25-27(38)7-4-20-14-24(46)15-26(28(20)25)31-30(39)32-29(34(41-31)47-2)33(45-16-22-5-6-23(17-45)40-22)43-35(42-32)48-19-36(10-11-36)18-44-12-8-21(37)9-13-44;4-3(5)1-2-3;1-2/h1,4,7,14-15,21-23,40,46H,5-6,8-13,16-19H2,2H3;1-2H2;2H,1H3. The number of piperidine rings is 1. The number of hydrogen-bond donors (Lipinski definition) is 3. The average molecular weight is 769 g/mol. The van der Waals surface area contributed by atoms with Gasteiger partial charge in [0.1, 0.15) is 40.2 Å². The van der Waals surface area contributed by atoms with Crippen molar-refractivity contribution >= 4 is 27.5 Å². The lowest BCUT2D eigenvalue weighted by atomic mass is 9.95. The summed E-state index contributed by atoms with van der Waals surface area (Å²) in [6.45, 7) is 3.91. The molecule has 2 unspecified atom stereocenters. The van der Waals surface area contributed by atoms with E-state index in [0.29, 0.717) is 49.1 Å². The average Bonchev–Trinajstić information content (AvgIpc) is 4.09. The first kappa shape index (κ1) is 38.7. The summed E-state index contributed by atoms with van der Waals surface area (Å²) in [5.41, 5.74) is -0.323. The zero-order chi connectivity index (χ0) is 39.1. The topological polar surface area (TPSA) is 116 Å². The van der Waals surface area contributed by atoms with Crippen LogP contribution in [0.3, 0.4) is 0 Å². The maximum Gasteiger partial charge on any atom is 0.319 e. The van der Waals surface area contributed by atoms with Crippen LogP contribution in [0.4, 0.5) is 27.8 Å². The Balaban J connectivity index is 0.000000608. The number of aliphatic hydroxyl groups excluding tert-OH is 1. The van der Waals surface area contributed by atoms with Gasteiger partial charge in [-0.05, 0) is 62.1 Å². The molecule has 10 nitrogen and oxygen atoms in total. The van der Waals surface area contributed by atoms with E-state index in [4.69, 9.17) is 26.0 Å². The molecule has 2 saturated carbocycles.